The second-order valence-electron chi connectivity index (χ2n) is 6.53. The number of furan rings is 1. The van der Waals surface area contributed by atoms with Crippen molar-refractivity contribution in [2.24, 2.45) is 0 Å². The van der Waals surface area contributed by atoms with Crippen LogP contribution in [0.1, 0.15) is 34.8 Å². The smallest absolute Gasteiger partial charge is 0.287 e. The van der Waals surface area contributed by atoms with Gasteiger partial charge in [0.2, 0.25) is 0 Å². The van der Waals surface area contributed by atoms with Crippen LogP contribution in [0.4, 0.5) is 0 Å². The summed E-state index contributed by atoms with van der Waals surface area (Å²) in [5, 5.41) is 2.91. The van der Waals surface area contributed by atoms with E-state index < -0.39 is 0 Å². The molecule has 1 aromatic carbocycles. The summed E-state index contributed by atoms with van der Waals surface area (Å²) < 4.78 is 18.2. The highest BCUT2D eigenvalue weighted by atomic mass is 16.6. The number of rotatable bonds is 5. The van der Waals surface area contributed by atoms with Crippen LogP contribution in [0.25, 0.3) is 0 Å². The van der Waals surface area contributed by atoms with Crippen molar-refractivity contribution in [3.63, 3.8) is 0 Å². The van der Waals surface area contributed by atoms with Gasteiger partial charge in [-0.1, -0.05) is 12.1 Å². The Balaban J connectivity index is 1.43. The predicted octanol–water partition coefficient (Wildman–Crippen LogP) is 2.75. The van der Waals surface area contributed by atoms with Crippen LogP contribution in [0.15, 0.2) is 63.9 Å². The molecule has 0 saturated carbocycles. The molecule has 144 valence electrons. The average Bonchev–Trinajstić information content (AvgIpc) is 3.18. The number of benzene rings is 1. The fourth-order valence-corrected chi connectivity index (χ4v) is 3.02. The van der Waals surface area contributed by atoms with Crippen molar-refractivity contribution >= 4 is 5.91 Å². The predicted molar refractivity (Wildman–Crippen MR) is 102 cm³/mol. The number of pyridine rings is 1. The highest BCUT2D eigenvalue weighted by Crippen LogP contribution is 2.32. The van der Waals surface area contributed by atoms with Gasteiger partial charge in [0.05, 0.1) is 12.6 Å². The zero-order chi connectivity index (χ0) is 19.5. The monoisotopic (exact) mass is 380 g/mol. The zero-order valence-electron chi connectivity index (χ0n) is 15.4. The molecule has 0 radical (unpaired) electrons. The van der Waals surface area contributed by atoms with Crippen LogP contribution in [0.5, 0.6) is 11.5 Å². The molecule has 3 aromatic rings. The van der Waals surface area contributed by atoms with Gasteiger partial charge in [-0.15, -0.1) is 0 Å². The fourth-order valence-electron chi connectivity index (χ4n) is 3.02. The summed E-state index contributed by atoms with van der Waals surface area (Å²) in [5.41, 5.74) is 0.775. The molecule has 1 amide bonds. The number of hydrogen-bond donors (Lipinski definition) is 1. The molecule has 1 atom stereocenters. The molecule has 0 bridgehead atoms. The van der Waals surface area contributed by atoms with Crippen LogP contribution in [-0.4, -0.2) is 23.7 Å². The summed E-state index contributed by atoms with van der Waals surface area (Å²) in [4.78, 5) is 24.3. The third-order valence-electron chi connectivity index (χ3n) is 4.52. The maximum Gasteiger partial charge on any atom is 0.287 e. The first kappa shape index (κ1) is 17.9. The molecular weight excluding hydrogens is 360 g/mol. The van der Waals surface area contributed by atoms with Crippen LogP contribution in [0.2, 0.25) is 0 Å². The van der Waals surface area contributed by atoms with Gasteiger partial charge in [-0.25, -0.2) is 0 Å². The van der Waals surface area contributed by atoms with Gasteiger partial charge >= 0.3 is 0 Å². The first-order chi connectivity index (χ1) is 13.6. The topological polar surface area (TPSA) is 82.7 Å². The quantitative estimate of drug-likeness (QED) is 0.736. The molecule has 28 heavy (non-hydrogen) atoms. The Labute approximate surface area is 161 Å². The van der Waals surface area contributed by atoms with E-state index in [2.05, 4.69) is 5.32 Å². The molecule has 1 aliphatic heterocycles. The standard InChI is InChI=1S/C21H20N2O5/c1-14(15-5-7-17-19(12-15)27-11-10-26-17)22-21(25)18-8-6-16(28-18)13-23-9-3-2-4-20(23)24/h2-9,12,14H,10-11,13H2,1H3,(H,22,25). The lowest BCUT2D eigenvalue weighted by atomic mass is 10.1. The van der Waals surface area contributed by atoms with Gasteiger partial charge in [0.15, 0.2) is 17.3 Å². The Kier molecular flexibility index (Phi) is 4.89. The number of carbonyl (C=O) groups excluding carboxylic acids is 1. The van der Waals surface area contributed by atoms with Crippen LogP contribution in [-0.2, 0) is 6.54 Å². The van der Waals surface area contributed by atoms with Crippen LogP contribution >= 0.6 is 0 Å². The maximum absolute atomic E-state index is 12.5. The minimum absolute atomic E-state index is 0.128. The normalized spacial score (nSPS) is 13.8. The lowest BCUT2D eigenvalue weighted by Crippen LogP contribution is -2.26. The highest BCUT2D eigenvalue weighted by Gasteiger charge is 2.18. The van der Waals surface area contributed by atoms with Crippen LogP contribution in [0.3, 0.4) is 0 Å². The minimum atomic E-state index is -0.325. The third kappa shape index (κ3) is 3.78. The van der Waals surface area contributed by atoms with E-state index in [0.717, 1.165) is 5.56 Å². The van der Waals surface area contributed by atoms with Gasteiger partial charge in [-0.05, 0) is 42.8 Å². The van der Waals surface area contributed by atoms with Gasteiger partial charge in [0, 0.05) is 12.3 Å². The summed E-state index contributed by atoms with van der Waals surface area (Å²) in [6, 6.07) is 13.6. The van der Waals surface area contributed by atoms with Crippen molar-refractivity contribution in [3.05, 3.63) is 82.2 Å². The van der Waals surface area contributed by atoms with Gasteiger partial charge in [-0.2, -0.15) is 0 Å². The Bertz CT molecular complexity index is 1050. The minimum Gasteiger partial charge on any atom is -0.486 e. The Morgan fingerprint density at radius 2 is 1.93 bits per heavy atom. The molecule has 0 saturated heterocycles. The van der Waals surface area contributed by atoms with Crippen molar-refractivity contribution in [1.82, 2.24) is 9.88 Å². The third-order valence-corrected chi connectivity index (χ3v) is 4.52. The van der Waals surface area contributed by atoms with E-state index in [9.17, 15) is 9.59 Å². The maximum atomic E-state index is 12.5. The molecule has 3 heterocycles. The van der Waals surface area contributed by atoms with E-state index >= 15 is 0 Å². The number of nitrogens with zero attached hydrogens (tertiary/aromatic N) is 1. The SMILES string of the molecule is CC(NC(=O)c1ccc(Cn2ccccc2=O)o1)c1ccc2c(c1)OCCO2. The van der Waals surface area contributed by atoms with Gasteiger partial charge < -0.3 is 23.8 Å². The van der Waals surface area contributed by atoms with Gasteiger partial charge in [-0.3, -0.25) is 9.59 Å². The lowest BCUT2D eigenvalue weighted by molar-refractivity contribution is 0.0909. The zero-order valence-corrected chi connectivity index (χ0v) is 15.4. The van der Waals surface area contributed by atoms with E-state index in [0.29, 0.717) is 30.5 Å². The Morgan fingerprint density at radius 3 is 2.75 bits per heavy atom. The van der Waals surface area contributed by atoms with Crippen molar-refractivity contribution in [2.75, 3.05) is 13.2 Å². The number of hydrogen-bond acceptors (Lipinski definition) is 5. The van der Waals surface area contributed by atoms with Crippen LogP contribution < -0.4 is 20.3 Å². The number of ether oxygens (including phenoxy) is 2. The molecule has 1 N–H and O–H groups in total. The first-order valence-electron chi connectivity index (χ1n) is 9.05. The van der Waals surface area contributed by atoms with E-state index in [4.69, 9.17) is 13.9 Å². The Morgan fingerprint density at radius 1 is 1.11 bits per heavy atom. The summed E-state index contributed by atoms with van der Waals surface area (Å²) in [7, 11) is 0. The summed E-state index contributed by atoms with van der Waals surface area (Å²) >= 11 is 0. The molecule has 2 aromatic heterocycles. The Hall–Kier alpha value is -3.48. The first-order valence-corrected chi connectivity index (χ1v) is 9.05. The molecule has 1 aliphatic rings. The second kappa shape index (κ2) is 7.64. The fraction of sp³-hybridized carbons (Fsp3) is 0.238. The van der Waals surface area contributed by atoms with E-state index in [1.807, 2.05) is 25.1 Å². The molecule has 0 aliphatic carbocycles. The van der Waals surface area contributed by atoms with E-state index in [1.54, 1.807) is 30.5 Å². The van der Waals surface area contributed by atoms with Gasteiger partial charge in [0.25, 0.3) is 11.5 Å². The van der Waals surface area contributed by atoms with E-state index in [1.165, 1.54) is 10.6 Å². The molecule has 0 spiro atoms. The van der Waals surface area contributed by atoms with Crippen LogP contribution in [0, 0.1) is 0 Å². The second-order valence-corrected chi connectivity index (χ2v) is 6.53. The lowest BCUT2D eigenvalue weighted by Gasteiger charge is -2.21. The van der Waals surface area contributed by atoms with Gasteiger partial charge in [0.1, 0.15) is 19.0 Å². The number of aromatic nitrogens is 1. The number of carbonyl (C=O) groups is 1. The molecule has 1 unspecified atom stereocenters. The van der Waals surface area contributed by atoms with Crippen molar-refractivity contribution in [1.29, 1.82) is 0 Å². The molecule has 7 nitrogen and oxygen atoms in total. The molecule has 7 heteroatoms. The van der Waals surface area contributed by atoms with Crippen molar-refractivity contribution < 1.29 is 18.7 Å². The number of amides is 1. The van der Waals surface area contributed by atoms with Crippen molar-refractivity contribution in [2.45, 2.75) is 19.5 Å². The summed E-state index contributed by atoms with van der Waals surface area (Å²) in [5.74, 6) is 1.79. The highest BCUT2D eigenvalue weighted by molar-refractivity contribution is 5.91. The number of nitrogens with one attached hydrogen (secondary N) is 1. The molecular formula is C21H20N2O5. The summed E-state index contributed by atoms with van der Waals surface area (Å²) in [6.07, 6.45) is 1.68. The van der Waals surface area contributed by atoms with E-state index in [-0.39, 0.29) is 29.8 Å². The average molecular weight is 380 g/mol. The van der Waals surface area contributed by atoms with Crippen molar-refractivity contribution in [3.8, 4) is 11.5 Å². The largest absolute Gasteiger partial charge is 0.486 e. The number of fused-ring (bicyclic) bond motifs is 1. The molecule has 4 rings (SSSR count). The molecule has 0 fully saturated rings. The summed E-state index contributed by atoms with van der Waals surface area (Å²) in [6.45, 7) is 3.20.